The summed E-state index contributed by atoms with van der Waals surface area (Å²) in [5.74, 6) is 0.464. The second-order valence-electron chi connectivity index (χ2n) is 3.07. The van der Waals surface area contributed by atoms with Crippen LogP contribution in [0, 0.1) is 0 Å². The Kier molecular flexibility index (Phi) is 3.49. The molecule has 0 heterocycles. The topological polar surface area (TPSA) is 69.4 Å². The van der Waals surface area contributed by atoms with Gasteiger partial charge in [-0.25, -0.2) is 13.6 Å². The third-order valence-electron chi connectivity index (χ3n) is 1.55. The third-order valence-corrected chi connectivity index (χ3v) is 2.48. The molecule has 0 aromatic heterocycles. The van der Waals surface area contributed by atoms with E-state index in [0.717, 1.165) is 0 Å². The molecule has 2 N–H and O–H groups in total. The Balaban J connectivity index is 2.54. The quantitative estimate of drug-likeness (QED) is 0.805. The molecule has 1 rings (SSSR count). The second kappa shape index (κ2) is 4.43. The number of benzene rings is 1. The van der Waals surface area contributed by atoms with Crippen LogP contribution in [0.4, 0.5) is 0 Å². The Hall–Kier alpha value is -1.07. The van der Waals surface area contributed by atoms with Crippen molar-refractivity contribution in [3.05, 3.63) is 30.3 Å². The van der Waals surface area contributed by atoms with Crippen LogP contribution in [-0.2, 0) is 10.0 Å². The SMILES string of the molecule is CC(CS(N)(=O)=O)Oc1ccccc1. The van der Waals surface area contributed by atoms with Gasteiger partial charge in [-0.1, -0.05) is 18.2 Å². The minimum absolute atomic E-state index is 0.179. The van der Waals surface area contributed by atoms with Crippen LogP contribution in [-0.4, -0.2) is 20.3 Å². The molecule has 78 valence electrons. The normalized spacial score (nSPS) is 13.6. The molecule has 0 radical (unpaired) electrons. The van der Waals surface area contributed by atoms with E-state index in [1.165, 1.54) is 0 Å². The maximum absolute atomic E-state index is 10.7. The van der Waals surface area contributed by atoms with Crippen molar-refractivity contribution in [2.45, 2.75) is 13.0 Å². The molecular weight excluding hydrogens is 202 g/mol. The zero-order chi connectivity index (χ0) is 10.6. The summed E-state index contributed by atoms with van der Waals surface area (Å²) in [5.41, 5.74) is 0. The van der Waals surface area contributed by atoms with Gasteiger partial charge in [-0.15, -0.1) is 0 Å². The molecule has 0 amide bonds. The lowest BCUT2D eigenvalue weighted by molar-refractivity contribution is 0.244. The summed E-state index contributed by atoms with van der Waals surface area (Å²) < 4.78 is 26.8. The third kappa shape index (κ3) is 4.25. The number of para-hydroxylation sites is 1. The van der Waals surface area contributed by atoms with E-state index in [9.17, 15) is 8.42 Å². The Morgan fingerprint density at radius 1 is 1.36 bits per heavy atom. The molecule has 0 bridgehead atoms. The van der Waals surface area contributed by atoms with E-state index >= 15 is 0 Å². The van der Waals surface area contributed by atoms with Gasteiger partial charge >= 0.3 is 0 Å². The minimum atomic E-state index is -3.47. The van der Waals surface area contributed by atoms with Crippen molar-refractivity contribution in [2.24, 2.45) is 5.14 Å². The van der Waals surface area contributed by atoms with Gasteiger partial charge in [0.25, 0.3) is 0 Å². The van der Waals surface area contributed by atoms with E-state index in [1.807, 2.05) is 18.2 Å². The lowest BCUT2D eigenvalue weighted by Gasteiger charge is -2.12. The minimum Gasteiger partial charge on any atom is -0.490 e. The summed E-state index contributed by atoms with van der Waals surface area (Å²) in [6.45, 7) is 1.66. The Labute approximate surface area is 83.7 Å². The highest BCUT2D eigenvalue weighted by molar-refractivity contribution is 7.89. The van der Waals surface area contributed by atoms with Crippen molar-refractivity contribution >= 4 is 10.0 Å². The first-order chi connectivity index (χ1) is 6.47. The lowest BCUT2D eigenvalue weighted by atomic mass is 10.3. The Morgan fingerprint density at radius 3 is 2.43 bits per heavy atom. The number of primary sulfonamides is 1. The molecule has 0 aliphatic carbocycles. The van der Waals surface area contributed by atoms with Crippen LogP contribution >= 0.6 is 0 Å². The second-order valence-corrected chi connectivity index (χ2v) is 4.73. The van der Waals surface area contributed by atoms with Gasteiger partial charge in [0.15, 0.2) is 0 Å². The number of hydrogen-bond donors (Lipinski definition) is 1. The fourth-order valence-corrected chi connectivity index (χ4v) is 1.81. The molecule has 4 nitrogen and oxygen atoms in total. The van der Waals surface area contributed by atoms with E-state index in [0.29, 0.717) is 5.75 Å². The van der Waals surface area contributed by atoms with Gasteiger partial charge in [0.2, 0.25) is 10.0 Å². The molecule has 1 aromatic rings. The van der Waals surface area contributed by atoms with Crippen molar-refractivity contribution in [1.29, 1.82) is 0 Å². The highest BCUT2D eigenvalue weighted by Crippen LogP contribution is 2.10. The maximum Gasteiger partial charge on any atom is 0.212 e. The molecular formula is C9H13NO3S. The zero-order valence-corrected chi connectivity index (χ0v) is 8.70. The van der Waals surface area contributed by atoms with Crippen molar-refractivity contribution in [2.75, 3.05) is 5.75 Å². The van der Waals surface area contributed by atoms with Gasteiger partial charge in [0.05, 0.1) is 0 Å². The van der Waals surface area contributed by atoms with E-state index in [4.69, 9.17) is 9.88 Å². The van der Waals surface area contributed by atoms with Crippen LogP contribution in [0.25, 0.3) is 0 Å². The van der Waals surface area contributed by atoms with Crippen LogP contribution in [0.15, 0.2) is 30.3 Å². The summed E-state index contributed by atoms with van der Waals surface area (Å²) >= 11 is 0. The Morgan fingerprint density at radius 2 is 1.93 bits per heavy atom. The molecule has 0 spiro atoms. The summed E-state index contributed by atoms with van der Waals surface area (Å²) in [4.78, 5) is 0. The van der Waals surface area contributed by atoms with E-state index < -0.39 is 16.1 Å². The molecule has 0 aliphatic heterocycles. The van der Waals surface area contributed by atoms with Gasteiger partial charge < -0.3 is 4.74 Å². The van der Waals surface area contributed by atoms with Crippen LogP contribution in [0.1, 0.15) is 6.92 Å². The largest absolute Gasteiger partial charge is 0.490 e. The first-order valence-electron chi connectivity index (χ1n) is 4.19. The molecule has 0 saturated heterocycles. The highest BCUT2D eigenvalue weighted by Gasteiger charge is 2.11. The number of rotatable bonds is 4. The molecule has 1 atom stereocenters. The average Bonchev–Trinajstić information content (AvgIpc) is 2.02. The van der Waals surface area contributed by atoms with Crippen molar-refractivity contribution < 1.29 is 13.2 Å². The summed E-state index contributed by atoms with van der Waals surface area (Å²) in [5, 5.41) is 4.88. The molecule has 0 aliphatic rings. The smallest absolute Gasteiger partial charge is 0.212 e. The molecule has 5 heteroatoms. The van der Waals surface area contributed by atoms with Crippen LogP contribution in [0.3, 0.4) is 0 Å². The predicted octanol–water partition coefficient (Wildman–Crippen LogP) is 0.742. The van der Waals surface area contributed by atoms with Gasteiger partial charge in [0, 0.05) is 0 Å². The molecule has 1 aromatic carbocycles. The summed E-state index contributed by atoms with van der Waals surface area (Å²) in [6, 6.07) is 9.02. The molecule has 0 saturated carbocycles. The molecule has 1 unspecified atom stereocenters. The lowest BCUT2D eigenvalue weighted by Crippen LogP contribution is -2.28. The monoisotopic (exact) mass is 215 g/mol. The maximum atomic E-state index is 10.7. The fourth-order valence-electron chi connectivity index (χ4n) is 1.09. The number of nitrogens with two attached hydrogens (primary N) is 1. The van der Waals surface area contributed by atoms with Crippen molar-refractivity contribution in [1.82, 2.24) is 0 Å². The van der Waals surface area contributed by atoms with E-state index in [1.54, 1.807) is 19.1 Å². The van der Waals surface area contributed by atoms with Gasteiger partial charge in [-0.05, 0) is 19.1 Å². The van der Waals surface area contributed by atoms with Crippen LogP contribution < -0.4 is 9.88 Å². The Bertz CT molecular complexity index is 374. The zero-order valence-electron chi connectivity index (χ0n) is 7.88. The average molecular weight is 215 g/mol. The van der Waals surface area contributed by atoms with E-state index in [-0.39, 0.29) is 5.75 Å². The van der Waals surface area contributed by atoms with Gasteiger partial charge in [0.1, 0.15) is 17.6 Å². The van der Waals surface area contributed by atoms with Crippen molar-refractivity contribution in [3.63, 3.8) is 0 Å². The summed E-state index contributed by atoms with van der Waals surface area (Å²) in [7, 11) is -3.47. The summed E-state index contributed by atoms with van der Waals surface area (Å²) in [6.07, 6.45) is -0.438. The first kappa shape index (κ1) is 11.0. The fraction of sp³-hybridized carbons (Fsp3) is 0.333. The van der Waals surface area contributed by atoms with Crippen LogP contribution in [0.2, 0.25) is 0 Å². The number of hydrogen-bond acceptors (Lipinski definition) is 3. The number of sulfonamides is 1. The van der Waals surface area contributed by atoms with Gasteiger partial charge in [-0.3, -0.25) is 0 Å². The molecule has 0 fully saturated rings. The van der Waals surface area contributed by atoms with Crippen molar-refractivity contribution in [3.8, 4) is 5.75 Å². The highest BCUT2D eigenvalue weighted by atomic mass is 32.2. The van der Waals surface area contributed by atoms with Gasteiger partial charge in [-0.2, -0.15) is 0 Å². The first-order valence-corrected chi connectivity index (χ1v) is 5.91. The van der Waals surface area contributed by atoms with E-state index in [2.05, 4.69) is 0 Å². The van der Waals surface area contributed by atoms with Crippen LogP contribution in [0.5, 0.6) is 5.75 Å². The standard InChI is InChI=1S/C9H13NO3S/c1-8(7-14(10,11)12)13-9-5-3-2-4-6-9/h2-6,8H,7H2,1H3,(H2,10,11,12). The predicted molar refractivity (Wildman–Crippen MR) is 54.5 cm³/mol. The number of ether oxygens (including phenoxy) is 1. The molecule has 14 heavy (non-hydrogen) atoms.